The number of primary sulfonamides is 1. The van der Waals surface area contributed by atoms with E-state index in [1.54, 1.807) is 23.5 Å². The maximum Gasteiger partial charge on any atom is 0.238 e. The third-order valence-corrected chi connectivity index (χ3v) is 6.08. The van der Waals surface area contributed by atoms with Gasteiger partial charge in [0.05, 0.1) is 17.1 Å². The molecule has 1 aliphatic heterocycles. The fourth-order valence-electron chi connectivity index (χ4n) is 2.84. The predicted molar refractivity (Wildman–Crippen MR) is 88.8 cm³/mol. The van der Waals surface area contributed by atoms with Crippen molar-refractivity contribution in [2.75, 3.05) is 4.90 Å². The average molecular weight is 337 g/mol. The van der Waals surface area contributed by atoms with Crippen molar-refractivity contribution >= 4 is 27.0 Å². The van der Waals surface area contributed by atoms with Gasteiger partial charge in [-0.25, -0.2) is 18.5 Å². The van der Waals surface area contributed by atoms with Crippen molar-refractivity contribution in [1.29, 1.82) is 0 Å². The van der Waals surface area contributed by atoms with E-state index in [0.717, 1.165) is 34.9 Å². The topological polar surface area (TPSA) is 76.3 Å². The van der Waals surface area contributed by atoms with Gasteiger partial charge in [-0.3, -0.25) is 0 Å². The molecule has 7 heteroatoms. The third-order valence-electron chi connectivity index (χ3n) is 4.11. The number of fused-ring (bicyclic) bond motifs is 1. The van der Waals surface area contributed by atoms with Crippen molar-refractivity contribution in [3.05, 3.63) is 39.3 Å². The standard InChI is InChI=1S/C15H19N3O2S2/c1-9-6-12-7-13(22(16,19)20)4-5-14(12)18(9)8-15-17-10(2)11(3)21-15/h4-5,7,9H,6,8H2,1-3H3,(H2,16,19,20)/t9-/m1/s1. The zero-order valence-electron chi connectivity index (χ0n) is 12.8. The maximum atomic E-state index is 11.5. The monoisotopic (exact) mass is 337 g/mol. The van der Waals surface area contributed by atoms with Crippen LogP contribution in [0.15, 0.2) is 23.1 Å². The minimum atomic E-state index is -3.65. The van der Waals surface area contributed by atoms with Crippen LogP contribution in [0.2, 0.25) is 0 Å². The summed E-state index contributed by atoms with van der Waals surface area (Å²) in [5, 5.41) is 6.30. The number of nitrogens with zero attached hydrogens (tertiary/aromatic N) is 2. The fraction of sp³-hybridized carbons (Fsp3) is 0.400. The molecule has 1 aromatic carbocycles. The van der Waals surface area contributed by atoms with Crippen molar-refractivity contribution in [2.24, 2.45) is 5.14 Å². The normalized spacial score (nSPS) is 17.8. The molecule has 22 heavy (non-hydrogen) atoms. The summed E-state index contributed by atoms with van der Waals surface area (Å²) in [7, 11) is -3.65. The Morgan fingerprint density at radius 2 is 2.14 bits per heavy atom. The van der Waals surface area contributed by atoms with Gasteiger partial charge in [0, 0.05) is 16.6 Å². The molecule has 118 valence electrons. The highest BCUT2D eigenvalue weighted by atomic mass is 32.2. The number of hydrogen-bond acceptors (Lipinski definition) is 5. The van der Waals surface area contributed by atoms with Crippen molar-refractivity contribution in [3.63, 3.8) is 0 Å². The number of thiazole rings is 1. The van der Waals surface area contributed by atoms with Gasteiger partial charge in [0.2, 0.25) is 10.0 Å². The SMILES string of the molecule is Cc1nc(CN2c3ccc(S(N)(=O)=O)cc3C[C@H]2C)sc1C. The zero-order chi connectivity index (χ0) is 16.1. The number of nitrogens with two attached hydrogens (primary N) is 1. The molecule has 2 heterocycles. The molecule has 1 aliphatic rings. The minimum absolute atomic E-state index is 0.182. The number of anilines is 1. The van der Waals surface area contributed by atoms with Gasteiger partial charge >= 0.3 is 0 Å². The van der Waals surface area contributed by atoms with Gasteiger partial charge in [-0.05, 0) is 51.0 Å². The molecule has 0 unspecified atom stereocenters. The molecule has 0 bridgehead atoms. The molecular weight excluding hydrogens is 318 g/mol. The minimum Gasteiger partial charge on any atom is -0.362 e. The van der Waals surface area contributed by atoms with E-state index in [1.165, 1.54) is 4.88 Å². The summed E-state index contributed by atoms with van der Waals surface area (Å²) in [6.07, 6.45) is 0.821. The van der Waals surface area contributed by atoms with E-state index in [4.69, 9.17) is 5.14 Å². The highest BCUT2D eigenvalue weighted by Crippen LogP contribution is 2.35. The first-order chi connectivity index (χ1) is 10.3. The Balaban J connectivity index is 1.93. The molecule has 1 aromatic heterocycles. The molecule has 3 rings (SSSR count). The van der Waals surface area contributed by atoms with Crippen molar-refractivity contribution in [3.8, 4) is 0 Å². The van der Waals surface area contributed by atoms with Crippen LogP contribution in [0.25, 0.3) is 0 Å². The van der Waals surface area contributed by atoms with Crippen LogP contribution in [0, 0.1) is 13.8 Å². The summed E-state index contributed by atoms with van der Waals surface area (Å²) in [6, 6.07) is 5.44. The molecule has 0 saturated heterocycles. The van der Waals surface area contributed by atoms with Crippen LogP contribution in [-0.4, -0.2) is 19.4 Å². The number of aromatic nitrogens is 1. The van der Waals surface area contributed by atoms with E-state index in [9.17, 15) is 8.42 Å². The van der Waals surface area contributed by atoms with Crippen LogP contribution in [0.5, 0.6) is 0 Å². The van der Waals surface area contributed by atoms with Crippen LogP contribution in [-0.2, 0) is 23.0 Å². The zero-order valence-corrected chi connectivity index (χ0v) is 14.5. The molecule has 0 aliphatic carbocycles. The summed E-state index contributed by atoms with van der Waals surface area (Å²) in [6.45, 7) is 7.00. The van der Waals surface area contributed by atoms with E-state index in [-0.39, 0.29) is 4.90 Å². The summed E-state index contributed by atoms with van der Waals surface area (Å²) in [5.41, 5.74) is 3.19. The number of sulfonamides is 1. The largest absolute Gasteiger partial charge is 0.362 e. The molecular formula is C15H19N3O2S2. The van der Waals surface area contributed by atoms with Crippen LogP contribution in [0.1, 0.15) is 28.1 Å². The van der Waals surface area contributed by atoms with Crippen LogP contribution >= 0.6 is 11.3 Å². The van der Waals surface area contributed by atoms with Crippen LogP contribution in [0.3, 0.4) is 0 Å². The Morgan fingerprint density at radius 3 is 2.73 bits per heavy atom. The summed E-state index contributed by atoms with van der Waals surface area (Å²) < 4.78 is 23.0. The first kappa shape index (κ1) is 15.5. The first-order valence-corrected chi connectivity index (χ1v) is 9.47. The Bertz CT molecular complexity index is 808. The van der Waals surface area contributed by atoms with Gasteiger partial charge < -0.3 is 4.90 Å². The van der Waals surface area contributed by atoms with Crippen molar-refractivity contribution < 1.29 is 8.42 Å². The summed E-state index contributed by atoms with van der Waals surface area (Å²) in [5.74, 6) is 0. The van der Waals surface area contributed by atoms with Crippen LogP contribution < -0.4 is 10.0 Å². The fourth-order valence-corrected chi connectivity index (χ4v) is 4.34. The van der Waals surface area contributed by atoms with E-state index in [1.807, 2.05) is 13.0 Å². The lowest BCUT2D eigenvalue weighted by atomic mass is 10.1. The first-order valence-electron chi connectivity index (χ1n) is 7.11. The highest BCUT2D eigenvalue weighted by Gasteiger charge is 2.28. The quantitative estimate of drug-likeness (QED) is 0.933. The maximum absolute atomic E-state index is 11.5. The molecule has 0 fully saturated rings. The Labute approximate surface area is 134 Å². The van der Waals surface area contributed by atoms with Crippen molar-refractivity contribution in [2.45, 2.75) is 44.7 Å². The molecule has 1 atom stereocenters. The number of aryl methyl sites for hydroxylation is 2. The van der Waals surface area contributed by atoms with Gasteiger partial charge in [0.25, 0.3) is 0 Å². The van der Waals surface area contributed by atoms with E-state index in [2.05, 4.69) is 23.7 Å². The second-order valence-corrected chi connectivity index (χ2v) is 8.61. The van der Waals surface area contributed by atoms with Gasteiger partial charge in [0.15, 0.2) is 0 Å². The summed E-state index contributed by atoms with van der Waals surface area (Å²) in [4.78, 5) is 8.30. The molecule has 0 radical (unpaired) electrons. The van der Waals surface area contributed by atoms with Crippen molar-refractivity contribution in [1.82, 2.24) is 4.98 Å². The van der Waals surface area contributed by atoms with E-state index >= 15 is 0 Å². The third kappa shape index (κ3) is 2.76. The van der Waals surface area contributed by atoms with Gasteiger partial charge in [-0.1, -0.05) is 0 Å². The lowest BCUT2D eigenvalue weighted by molar-refractivity contribution is 0.597. The molecule has 2 aromatic rings. The molecule has 2 N–H and O–H groups in total. The second-order valence-electron chi connectivity index (χ2n) is 5.77. The molecule has 0 amide bonds. The van der Waals surface area contributed by atoms with Gasteiger partial charge in [-0.2, -0.15) is 0 Å². The van der Waals surface area contributed by atoms with E-state index in [0.29, 0.717) is 6.04 Å². The van der Waals surface area contributed by atoms with Gasteiger partial charge in [-0.15, -0.1) is 11.3 Å². The number of benzene rings is 1. The molecule has 0 saturated carbocycles. The van der Waals surface area contributed by atoms with Crippen LogP contribution in [0.4, 0.5) is 5.69 Å². The molecule has 5 nitrogen and oxygen atoms in total. The number of hydrogen-bond donors (Lipinski definition) is 1. The second kappa shape index (κ2) is 5.33. The lowest BCUT2D eigenvalue weighted by Crippen LogP contribution is -2.28. The molecule has 0 spiro atoms. The van der Waals surface area contributed by atoms with E-state index < -0.39 is 10.0 Å². The van der Waals surface area contributed by atoms with Gasteiger partial charge in [0.1, 0.15) is 5.01 Å². The Hall–Kier alpha value is -1.44. The number of rotatable bonds is 3. The Morgan fingerprint density at radius 1 is 1.41 bits per heavy atom. The lowest BCUT2D eigenvalue weighted by Gasteiger charge is -2.23. The summed E-state index contributed by atoms with van der Waals surface area (Å²) >= 11 is 1.72. The Kier molecular flexibility index (Phi) is 3.74. The average Bonchev–Trinajstić information content (AvgIpc) is 2.89. The predicted octanol–water partition coefficient (Wildman–Crippen LogP) is 2.36. The highest BCUT2D eigenvalue weighted by molar-refractivity contribution is 7.89. The smallest absolute Gasteiger partial charge is 0.238 e.